The van der Waals surface area contributed by atoms with Crippen LogP contribution in [0.2, 0.25) is 0 Å². The highest BCUT2D eigenvalue weighted by Crippen LogP contribution is 2.26. The van der Waals surface area contributed by atoms with Crippen LogP contribution in [0.1, 0.15) is 5.56 Å². The van der Waals surface area contributed by atoms with Crippen molar-refractivity contribution in [2.24, 2.45) is 0 Å². The summed E-state index contributed by atoms with van der Waals surface area (Å²) < 4.78 is 26.8. The zero-order valence-electron chi connectivity index (χ0n) is 9.30. The molecule has 4 heteroatoms. The first-order valence-corrected chi connectivity index (χ1v) is 5.15. The van der Waals surface area contributed by atoms with Crippen molar-refractivity contribution in [2.45, 2.75) is 6.92 Å². The summed E-state index contributed by atoms with van der Waals surface area (Å²) in [5.74, 6) is -1.25. The van der Waals surface area contributed by atoms with E-state index in [0.29, 0.717) is 11.4 Å². The van der Waals surface area contributed by atoms with Gasteiger partial charge >= 0.3 is 0 Å². The molecule has 88 valence electrons. The summed E-state index contributed by atoms with van der Waals surface area (Å²) in [7, 11) is 0. The van der Waals surface area contributed by atoms with Crippen LogP contribution >= 0.6 is 0 Å². The molecule has 0 atom stereocenters. The van der Waals surface area contributed by atoms with E-state index in [9.17, 15) is 8.78 Å². The molecule has 0 bridgehead atoms. The van der Waals surface area contributed by atoms with Crippen LogP contribution in [-0.4, -0.2) is 0 Å². The Morgan fingerprint density at radius 3 is 2.29 bits per heavy atom. The molecule has 0 amide bonds. The molecule has 2 rings (SSSR count). The quantitative estimate of drug-likeness (QED) is 0.779. The largest absolute Gasteiger partial charge is 0.399 e. The van der Waals surface area contributed by atoms with Gasteiger partial charge in [-0.1, -0.05) is 6.07 Å². The number of nitrogens with two attached hydrogens (primary N) is 1. The highest BCUT2D eigenvalue weighted by molar-refractivity contribution is 5.66. The number of nitrogen functional groups attached to an aromatic ring is 1. The molecule has 3 N–H and O–H groups in total. The minimum Gasteiger partial charge on any atom is -0.399 e. The fourth-order valence-electron chi connectivity index (χ4n) is 1.58. The van der Waals surface area contributed by atoms with Crippen LogP contribution in [0, 0.1) is 18.6 Å². The molecule has 0 aromatic heterocycles. The molecule has 2 nitrogen and oxygen atoms in total. The fourth-order valence-corrected chi connectivity index (χ4v) is 1.58. The summed E-state index contributed by atoms with van der Waals surface area (Å²) in [6, 6.07) is 8.84. The monoisotopic (exact) mass is 234 g/mol. The maximum absolute atomic E-state index is 13.4. The first-order chi connectivity index (χ1) is 8.08. The Labute approximate surface area is 98.1 Å². The van der Waals surface area contributed by atoms with E-state index in [-0.39, 0.29) is 5.69 Å². The molecule has 0 heterocycles. The molecule has 0 unspecified atom stereocenters. The topological polar surface area (TPSA) is 38.0 Å². The summed E-state index contributed by atoms with van der Waals surface area (Å²) in [4.78, 5) is 0. The Morgan fingerprint density at radius 1 is 1.06 bits per heavy atom. The Bertz CT molecular complexity index is 533. The molecule has 0 spiro atoms. The van der Waals surface area contributed by atoms with Gasteiger partial charge in [0.05, 0.1) is 0 Å². The third-order valence-electron chi connectivity index (χ3n) is 2.47. The van der Waals surface area contributed by atoms with Gasteiger partial charge in [0.2, 0.25) is 0 Å². The molecular formula is C13H12F2N2. The molecule has 2 aromatic rings. The predicted molar refractivity (Wildman–Crippen MR) is 65.2 cm³/mol. The average molecular weight is 234 g/mol. The molecule has 0 saturated carbocycles. The van der Waals surface area contributed by atoms with Gasteiger partial charge in [-0.05, 0) is 42.8 Å². The molecule has 0 saturated heterocycles. The van der Waals surface area contributed by atoms with E-state index >= 15 is 0 Å². The van der Waals surface area contributed by atoms with Crippen molar-refractivity contribution in [3.63, 3.8) is 0 Å². The normalized spacial score (nSPS) is 10.3. The fraction of sp³-hybridized carbons (Fsp3) is 0.0769. The Morgan fingerprint density at radius 2 is 1.71 bits per heavy atom. The number of halogens is 2. The first-order valence-electron chi connectivity index (χ1n) is 5.15. The lowest BCUT2D eigenvalue weighted by molar-refractivity contribution is 0.591. The molecule has 0 fully saturated rings. The molecule has 2 aromatic carbocycles. The Hall–Kier alpha value is -2.10. The molecular weight excluding hydrogens is 222 g/mol. The van der Waals surface area contributed by atoms with Crippen molar-refractivity contribution >= 4 is 17.1 Å². The minimum absolute atomic E-state index is 0.152. The van der Waals surface area contributed by atoms with E-state index in [2.05, 4.69) is 5.32 Å². The second kappa shape index (κ2) is 4.41. The van der Waals surface area contributed by atoms with Gasteiger partial charge < -0.3 is 11.1 Å². The van der Waals surface area contributed by atoms with Gasteiger partial charge in [0.1, 0.15) is 17.3 Å². The number of hydrogen-bond donors (Lipinski definition) is 2. The van der Waals surface area contributed by atoms with Crippen LogP contribution in [-0.2, 0) is 0 Å². The number of hydrogen-bond acceptors (Lipinski definition) is 2. The Balaban J connectivity index is 2.38. The zero-order chi connectivity index (χ0) is 12.4. The number of anilines is 3. The maximum Gasteiger partial charge on any atom is 0.149 e. The van der Waals surface area contributed by atoms with Gasteiger partial charge in [0.15, 0.2) is 0 Å². The van der Waals surface area contributed by atoms with Gasteiger partial charge in [0.25, 0.3) is 0 Å². The third-order valence-corrected chi connectivity index (χ3v) is 2.47. The lowest BCUT2D eigenvalue weighted by Gasteiger charge is -2.11. The second-order valence-corrected chi connectivity index (χ2v) is 3.80. The molecule has 0 aliphatic rings. The number of nitrogens with one attached hydrogen (secondary N) is 1. The van der Waals surface area contributed by atoms with Gasteiger partial charge in [-0.2, -0.15) is 0 Å². The van der Waals surface area contributed by atoms with Crippen molar-refractivity contribution in [1.29, 1.82) is 0 Å². The van der Waals surface area contributed by atoms with Crippen LogP contribution in [0.3, 0.4) is 0 Å². The number of rotatable bonds is 2. The van der Waals surface area contributed by atoms with Gasteiger partial charge in [-0.25, -0.2) is 8.78 Å². The number of para-hydroxylation sites is 1. The number of benzene rings is 2. The van der Waals surface area contributed by atoms with Crippen LogP contribution in [0.15, 0.2) is 36.4 Å². The summed E-state index contributed by atoms with van der Waals surface area (Å²) in [5, 5.41) is 2.73. The van der Waals surface area contributed by atoms with Gasteiger partial charge in [0, 0.05) is 11.4 Å². The van der Waals surface area contributed by atoms with Gasteiger partial charge in [-0.15, -0.1) is 0 Å². The van der Waals surface area contributed by atoms with Crippen molar-refractivity contribution in [1.82, 2.24) is 0 Å². The highest BCUT2D eigenvalue weighted by atomic mass is 19.1. The van der Waals surface area contributed by atoms with Crippen LogP contribution in [0.4, 0.5) is 25.8 Å². The maximum atomic E-state index is 13.4. The van der Waals surface area contributed by atoms with E-state index in [1.165, 1.54) is 18.2 Å². The van der Waals surface area contributed by atoms with Crippen molar-refractivity contribution in [2.75, 3.05) is 11.1 Å². The van der Waals surface area contributed by atoms with Crippen molar-refractivity contribution in [3.8, 4) is 0 Å². The summed E-state index contributed by atoms with van der Waals surface area (Å²) >= 11 is 0. The standard InChI is InChI=1S/C13H12F2N2/c1-8-7-9(16)5-6-12(8)17-13-10(14)3-2-4-11(13)15/h2-7,17H,16H2,1H3. The Kier molecular flexibility index (Phi) is 2.95. The van der Waals surface area contributed by atoms with Gasteiger partial charge in [-0.3, -0.25) is 0 Å². The molecule has 17 heavy (non-hydrogen) atoms. The van der Waals surface area contributed by atoms with Crippen LogP contribution in [0.25, 0.3) is 0 Å². The smallest absolute Gasteiger partial charge is 0.149 e. The third kappa shape index (κ3) is 2.36. The zero-order valence-corrected chi connectivity index (χ0v) is 9.30. The van der Waals surface area contributed by atoms with Crippen LogP contribution in [0.5, 0.6) is 0 Å². The summed E-state index contributed by atoms with van der Waals surface area (Å²) in [6.45, 7) is 1.82. The molecule has 0 radical (unpaired) electrons. The van der Waals surface area contributed by atoms with E-state index in [0.717, 1.165) is 5.56 Å². The lowest BCUT2D eigenvalue weighted by Crippen LogP contribution is -1.99. The van der Waals surface area contributed by atoms with Crippen LogP contribution < -0.4 is 11.1 Å². The van der Waals surface area contributed by atoms with E-state index in [1.54, 1.807) is 18.2 Å². The summed E-state index contributed by atoms with van der Waals surface area (Å²) in [5.41, 5.74) is 7.52. The highest BCUT2D eigenvalue weighted by Gasteiger charge is 2.09. The SMILES string of the molecule is Cc1cc(N)ccc1Nc1c(F)cccc1F. The van der Waals surface area contributed by atoms with E-state index < -0.39 is 11.6 Å². The van der Waals surface area contributed by atoms with E-state index in [1.807, 2.05) is 6.92 Å². The van der Waals surface area contributed by atoms with Crippen molar-refractivity contribution in [3.05, 3.63) is 53.6 Å². The minimum atomic E-state index is -0.624. The molecule has 0 aliphatic carbocycles. The van der Waals surface area contributed by atoms with Crippen molar-refractivity contribution < 1.29 is 8.78 Å². The first kappa shape index (κ1) is 11.4. The summed E-state index contributed by atoms with van der Waals surface area (Å²) in [6.07, 6.45) is 0. The average Bonchev–Trinajstić information content (AvgIpc) is 2.26. The van der Waals surface area contributed by atoms with E-state index in [4.69, 9.17) is 5.73 Å². The number of aryl methyl sites for hydroxylation is 1. The second-order valence-electron chi connectivity index (χ2n) is 3.80. The lowest BCUT2D eigenvalue weighted by atomic mass is 10.1. The predicted octanol–water partition coefficient (Wildman–Crippen LogP) is 3.60. The molecule has 0 aliphatic heterocycles.